The van der Waals surface area contributed by atoms with E-state index in [0.29, 0.717) is 0 Å². The summed E-state index contributed by atoms with van der Waals surface area (Å²) >= 11 is 0. The van der Waals surface area contributed by atoms with Crippen molar-refractivity contribution in [2.45, 2.75) is 39.3 Å². The van der Waals surface area contributed by atoms with Crippen LogP contribution in [0.25, 0.3) is 11.3 Å². The molecule has 1 aliphatic heterocycles. The van der Waals surface area contributed by atoms with Crippen LogP contribution in [0.5, 0.6) is 0 Å². The summed E-state index contributed by atoms with van der Waals surface area (Å²) in [6.45, 7) is 6.23. The summed E-state index contributed by atoms with van der Waals surface area (Å²) in [6.07, 6.45) is 13.6. The van der Waals surface area contributed by atoms with Gasteiger partial charge in [0.05, 0.1) is 24.4 Å². The maximum Gasteiger partial charge on any atom is 0.0951 e. The third-order valence-electron chi connectivity index (χ3n) is 3.93. The van der Waals surface area contributed by atoms with Gasteiger partial charge in [0, 0.05) is 31.4 Å². The van der Waals surface area contributed by atoms with Crippen LogP contribution in [0.1, 0.15) is 26.2 Å². The van der Waals surface area contributed by atoms with Gasteiger partial charge in [0.25, 0.3) is 0 Å². The fraction of sp³-hybridized carbons (Fsp3) is 0.500. The van der Waals surface area contributed by atoms with Gasteiger partial charge < -0.3 is 9.88 Å². The largest absolute Gasteiger partial charge is 0.330 e. The van der Waals surface area contributed by atoms with Crippen LogP contribution in [0.15, 0.2) is 36.6 Å². The Bertz CT molecular complexity index is 608. The highest BCUT2D eigenvalue weighted by Gasteiger charge is 2.09. The number of nitrogens with one attached hydrogen (secondary N) is 1. The minimum absolute atomic E-state index is 0.966. The summed E-state index contributed by atoms with van der Waals surface area (Å²) in [5.74, 6) is 0. The molecule has 1 N–H and O–H groups in total. The number of rotatable bonds is 6. The van der Waals surface area contributed by atoms with Gasteiger partial charge in [0.15, 0.2) is 0 Å². The van der Waals surface area contributed by atoms with Crippen molar-refractivity contribution in [1.82, 2.24) is 24.6 Å². The topological polar surface area (TPSA) is 47.7 Å². The highest BCUT2D eigenvalue weighted by molar-refractivity contribution is 5.56. The molecule has 3 rings (SSSR count). The lowest BCUT2D eigenvalue weighted by Gasteiger charge is -2.14. The molecule has 0 aliphatic carbocycles. The van der Waals surface area contributed by atoms with Crippen LogP contribution < -0.4 is 5.32 Å². The van der Waals surface area contributed by atoms with Crippen molar-refractivity contribution in [2.75, 3.05) is 13.1 Å². The summed E-state index contributed by atoms with van der Waals surface area (Å²) in [6, 6.07) is 0. The van der Waals surface area contributed by atoms with Crippen molar-refractivity contribution in [2.24, 2.45) is 0 Å². The van der Waals surface area contributed by atoms with E-state index in [4.69, 9.17) is 0 Å². The number of imidazole rings is 1. The zero-order valence-electron chi connectivity index (χ0n) is 12.6. The first-order valence-electron chi connectivity index (χ1n) is 7.78. The predicted molar refractivity (Wildman–Crippen MR) is 83.9 cm³/mol. The Morgan fingerprint density at radius 2 is 2.24 bits per heavy atom. The van der Waals surface area contributed by atoms with Crippen molar-refractivity contribution in [3.8, 4) is 11.3 Å². The van der Waals surface area contributed by atoms with E-state index in [0.717, 1.165) is 50.3 Å². The highest BCUT2D eigenvalue weighted by atomic mass is 15.3. The van der Waals surface area contributed by atoms with E-state index < -0.39 is 0 Å². The molecule has 5 heteroatoms. The molecule has 0 bridgehead atoms. The summed E-state index contributed by atoms with van der Waals surface area (Å²) in [5, 5.41) is 7.76. The lowest BCUT2D eigenvalue weighted by Crippen LogP contribution is -2.21. The number of nitrogens with zero attached hydrogens (tertiary/aromatic N) is 4. The Labute approximate surface area is 125 Å². The van der Waals surface area contributed by atoms with Crippen molar-refractivity contribution in [1.29, 1.82) is 0 Å². The first-order chi connectivity index (χ1) is 10.4. The lowest BCUT2D eigenvalue weighted by atomic mass is 10.1. The van der Waals surface area contributed by atoms with Gasteiger partial charge in [-0.1, -0.05) is 18.6 Å². The third kappa shape index (κ3) is 3.42. The fourth-order valence-corrected chi connectivity index (χ4v) is 2.75. The average molecular weight is 285 g/mol. The van der Waals surface area contributed by atoms with Crippen LogP contribution in [-0.4, -0.2) is 32.4 Å². The Morgan fingerprint density at radius 3 is 3.05 bits per heavy atom. The van der Waals surface area contributed by atoms with Crippen molar-refractivity contribution >= 4 is 0 Å². The maximum atomic E-state index is 4.41. The van der Waals surface area contributed by atoms with E-state index in [2.05, 4.69) is 39.2 Å². The number of aromatic nitrogens is 4. The second-order valence-electron chi connectivity index (χ2n) is 5.53. The van der Waals surface area contributed by atoms with Crippen LogP contribution >= 0.6 is 0 Å². The van der Waals surface area contributed by atoms with Gasteiger partial charge in [-0.3, -0.25) is 4.68 Å². The molecule has 0 saturated heterocycles. The summed E-state index contributed by atoms with van der Waals surface area (Å²) < 4.78 is 4.23. The molecule has 0 atom stereocenters. The van der Waals surface area contributed by atoms with Gasteiger partial charge >= 0.3 is 0 Å². The van der Waals surface area contributed by atoms with Crippen LogP contribution in [0.2, 0.25) is 0 Å². The third-order valence-corrected chi connectivity index (χ3v) is 3.93. The zero-order valence-corrected chi connectivity index (χ0v) is 12.6. The van der Waals surface area contributed by atoms with Gasteiger partial charge in [0.1, 0.15) is 0 Å². The molecule has 5 nitrogen and oxygen atoms in total. The molecule has 3 heterocycles. The Hall–Kier alpha value is -1.88. The fourth-order valence-electron chi connectivity index (χ4n) is 2.75. The monoisotopic (exact) mass is 285 g/mol. The van der Waals surface area contributed by atoms with E-state index >= 15 is 0 Å². The van der Waals surface area contributed by atoms with Gasteiger partial charge in [0.2, 0.25) is 0 Å². The van der Waals surface area contributed by atoms with Crippen molar-refractivity contribution < 1.29 is 0 Å². The number of hydrogen-bond donors (Lipinski definition) is 1. The molecule has 0 radical (unpaired) electrons. The SMILES string of the molecule is CCCn1cc(-c2cncn2CCC2=CCNCC2)cn1. The second kappa shape index (κ2) is 6.72. The first kappa shape index (κ1) is 14.1. The zero-order chi connectivity index (χ0) is 14.5. The molecule has 1 aliphatic rings. The molecule has 0 unspecified atom stereocenters. The molecule has 0 fully saturated rings. The maximum absolute atomic E-state index is 4.41. The van der Waals surface area contributed by atoms with E-state index in [9.17, 15) is 0 Å². The van der Waals surface area contributed by atoms with Gasteiger partial charge in [-0.2, -0.15) is 5.10 Å². The Morgan fingerprint density at radius 1 is 1.29 bits per heavy atom. The minimum Gasteiger partial charge on any atom is -0.330 e. The average Bonchev–Trinajstić information content (AvgIpc) is 3.15. The van der Waals surface area contributed by atoms with Crippen molar-refractivity contribution in [3.63, 3.8) is 0 Å². The quantitative estimate of drug-likeness (QED) is 0.829. The molecule has 2 aromatic rings. The molecule has 0 saturated carbocycles. The van der Waals surface area contributed by atoms with Gasteiger partial charge in [-0.05, 0) is 25.8 Å². The number of hydrogen-bond acceptors (Lipinski definition) is 3. The summed E-state index contributed by atoms with van der Waals surface area (Å²) in [7, 11) is 0. The van der Waals surface area contributed by atoms with Crippen molar-refractivity contribution in [3.05, 3.63) is 36.6 Å². The predicted octanol–water partition coefficient (Wildman–Crippen LogP) is 2.47. The lowest BCUT2D eigenvalue weighted by molar-refractivity contribution is 0.602. The molecule has 0 amide bonds. The summed E-state index contributed by atoms with van der Waals surface area (Å²) in [5.41, 5.74) is 3.86. The minimum atomic E-state index is 0.966. The first-order valence-corrected chi connectivity index (χ1v) is 7.78. The van der Waals surface area contributed by atoms with Crippen LogP contribution in [0.3, 0.4) is 0 Å². The standard InChI is InChI=1S/C16H23N5/c1-2-8-21-12-15(10-19-21)16-11-18-13-20(16)9-5-14-3-6-17-7-4-14/h3,10-13,17H,2,4-9H2,1H3. The molecular weight excluding hydrogens is 262 g/mol. The van der Waals surface area contributed by atoms with E-state index in [1.165, 1.54) is 6.42 Å². The van der Waals surface area contributed by atoms with Crippen LogP contribution in [0.4, 0.5) is 0 Å². The highest BCUT2D eigenvalue weighted by Crippen LogP contribution is 2.20. The van der Waals surface area contributed by atoms with E-state index in [1.54, 1.807) is 5.57 Å². The molecular formula is C16H23N5. The molecule has 2 aromatic heterocycles. The Kier molecular flexibility index (Phi) is 4.50. The van der Waals surface area contributed by atoms with Crippen LogP contribution in [-0.2, 0) is 13.1 Å². The smallest absolute Gasteiger partial charge is 0.0951 e. The molecule has 0 spiro atoms. The Balaban J connectivity index is 1.69. The molecule has 21 heavy (non-hydrogen) atoms. The molecule has 112 valence electrons. The second-order valence-corrected chi connectivity index (χ2v) is 5.53. The van der Waals surface area contributed by atoms with E-state index in [1.807, 2.05) is 23.4 Å². The van der Waals surface area contributed by atoms with Gasteiger partial charge in [-0.25, -0.2) is 4.98 Å². The van der Waals surface area contributed by atoms with E-state index in [-0.39, 0.29) is 0 Å². The normalized spacial score (nSPS) is 15.2. The number of aryl methyl sites for hydroxylation is 2. The molecule has 0 aromatic carbocycles. The van der Waals surface area contributed by atoms with Gasteiger partial charge in [-0.15, -0.1) is 0 Å². The summed E-state index contributed by atoms with van der Waals surface area (Å²) in [4.78, 5) is 4.31. The van der Waals surface area contributed by atoms with Crippen LogP contribution in [0, 0.1) is 0 Å².